The number of carbonyl (C=O) groups is 1. The van der Waals surface area contributed by atoms with Crippen LogP contribution in [0.4, 0.5) is 15.1 Å². The zero-order valence-corrected chi connectivity index (χ0v) is 10.1. The molecule has 0 atom stereocenters. The molecule has 2 aromatic heterocycles. The van der Waals surface area contributed by atoms with Crippen LogP contribution in [0.25, 0.3) is 0 Å². The van der Waals surface area contributed by atoms with Crippen LogP contribution in [0.5, 0.6) is 0 Å². The van der Waals surface area contributed by atoms with E-state index < -0.39 is 6.03 Å². The number of amides is 2. The van der Waals surface area contributed by atoms with Crippen molar-refractivity contribution in [3.8, 4) is 0 Å². The first-order valence-electron chi connectivity index (χ1n) is 4.32. The molecule has 0 aliphatic heterocycles. The van der Waals surface area contributed by atoms with Gasteiger partial charge in [-0.05, 0) is 13.8 Å². The maximum Gasteiger partial charge on any atom is 0.327 e. The van der Waals surface area contributed by atoms with Crippen LogP contribution in [0.15, 0.2) is 0 Å². The number of hydrogen-bond acceptors (Lipinski definition) is 7. The van der Waals surface area contributed by atoms with Crippen LogP contribution in [0.2, 0.25) is 0 Å². The molecule has 0 aliphatic rings. The number of anilines is 2. The average Bonchev–Trinajstić information content (AvgIpc) is 2.76. The van der Waals surface area contributed by atoms with Gasteiger partial charge in [-0.2, -0.15) is 0 Å². The van der Waals surface area contributed by atoms with Crippen LogP contribution >= 0.6 is 22.7 Å². The molecule has 16 heavy (non-hydrogen) atoms. The maximum absolute atomic E-state index is 11.5. The van der Waals surface area contributed by atoms with Crippen molar-refractivity contribution in [3.63, 3.8) is 0 Å². The van der Waals surface area contributed by atoms with Gasteiger partial charge in [0.1, 0.15) is 10.0 Å². The SMILES string of the molecule is Cc1nnc(NC(=O)Nc2nnc(C)s2)s1. The van der Waals surface area contributed by atoms with E-state index in [0.717, 1.165) is 10.0 Å². The molecular formula is C7H8N6OS2. The van der Waals surface area contributed by atoms with Gasteiger partial charge in [0.2, 0.25) is 10.3 Å². The normalized spacial score (nSPS) is 10.1. The van der Waals surface area contributed by atoms with Crippen molar-refractivity contribution >= 4 is 39.0 Å². The third-order valence-corrected chi connectivity index (χ3v) is 3.00. The molecule has 9 heteroatoms. The van der Waals surface area contributed by atoms with Gasteiger partial charge in [-0.15, -0.1) is 20.4 Å². The van der Waals surface area contributed by atoms with Crippen LogP contribution < -0.4 is 10.6 Å². The number of aromatic nitrogens is 4. The third kappa shape index (κ3) is 2.70. The molecule has 0 radical (unpaired) electrons. The lowest BCUT2D eigenvalue weighted by atomic mass is 10.9. The van der Waals surface area contributed by atoms with E-state index in [0.29, 0.717) is 10.3 Å². The summed E-state index contributed by atoms with van der Waals surface area (Å²) in [5.41, 5.74) is 0. The molecule has 0 unspecified atom stereocenters. The number of carbonyl (C=O) groups excluding carboxylic acids is 1. The largest absolute Gasteiger partial charge is 0.327 e. The monoisotopic (exact) mass is 256 g/mol. The lowest BCUT2D eigenvalue weighted by Gasteiger charge is -1.99. The molecule has 2 heterocycles. The number of rotatable bonds is 2. The van der Waals surface area contributed by atoms with Gasteiger partial charge in [-0.1, -0.05) is 22.7 Å². The van der Waals surface area contributed by atoms with Crippen LogP contribution in [-0.4, -0.2) is 26.4 Å². The fourth-order valence-corrected chi connectivity index (χ4v) is 2.09. The average molecular weight is 256 g/mol. The molecule has 0 spiro atoms. The van der Waals surface area contributed by atoms with Crippen LogP contribution in [0, 0.1) is 13.8 Å². The smallest absolute Gasteiger partial charge is 0.282 e. The summed E-state index contributed by atoms with van der Waals surface area (Å²) >= 11 is 2.61. The highest BCUT2D eigenvalue weighted by Crippen LogP contribution is 2.16. The predicted octanol–water partition coefficient (Wildman–Crippen LogP) is 1.65. The number of nitrogens with zero attached hydrogens (tertiary/aromatic N) is 4. The number of hydrogen-bond donors (Lipinski definition) is 2. The van der Waals surface area contributed by atoms with Gasteiger partial charge in [-0.25, -0.2) is 4.79 Å². The molecule has 0 saturated heterocycles. The standard InChI is InChI=1S/C7H8N6OS2/c1-3-10-12-6(15-3)8-5(14)9-7-13-11-4(2)16-7/h1-2H3,(H2,8,9,12,13,14). The van der Waals surface area contributed by atoms with E-state index in [4.69, 9.17) is 0 Å². The highest BCUT2D eigenvalue weighted by Gasteiger charge is 2.08. The van der Waals surface area contributed by atoms with Gasteiger partial charge in [-0.3, -0.25) is 10.6 Å². The third-order valence-electron chi connectivity index (χ3n) is 1.49. The molecular weight excluding hydrogens is 248 g/mol. The van der Waals surface area contributed by atoms with Crippen LogP contribution in [-0.2, 0) is 0 Å². The second kappa shape index (κ2) is 4.49. The van der Waals surface area contributed by atoms with Gasteiger partial charge < -0.3 is 0 Å². The predicted molar refractivity (Wildman–Crippen MR) is 61.9 cm³/mol. The van der Waals surface area contributed by atoms with E-state index in [2.05, 4.69) is 31.0 Å². The van der Waals surface area contributed by atoms with Crippen LogP contribution in [0.3, 0.4) is 0 Å². The fourth-order valence-electron chi connectivity index (χ4n) is 0.920. The molecule has 2 N–H and O–H groups in total. The number of aryl methyl sites for hydroxylation is 2. The van der Waals surface area contributed by atoms with E-state index in [9.17, 15) is 4.79 Å². The molecule has 2 aromatic rings. The summed E-state index contributed by atoms with van der Waals surface area (Å²) in [6.45, 7) is 3.63. The van der Waals surface area contributed by atoms with Gasteiger partial charge in [0.25, 0.3) is 0 Å². The Labute approximate surface area is 98.9 Å². The van der Waals surface area contributed by atoms with Gasteiger partial charge >= 0.3 is 6.03 Å². The molecule has 84 valence electrons. The van der Waals surface area contributed by atoms with E-state index in [1.54, 1.807) is 0 Å². The van der Waals surface area contributed by atoms with Crippen molar-refractivity contribution in [2.45, 2.75) is 13.8 Å². The van der Waals surface area contributed by atoms with E-state index in [-0.39, 0.29) is 0 Å². The Hall–Kier alpha value is -1.61. The van der Waals surface area contributed by atoms with Gasteiger partial charge in [0.15, 0.2) is 0 Å². The lowest BCUT2D eigenvalue weighted by molar-refractivity contribution is 0.262. The topological polar surface area (TPSA) is 92.7 Å². The molecule has 0 aliphatic carbocycles. The highest BCUT2D eigenvalue weighted by molar-refractivity contribution is 7.15. The Morgan fingerprint density at radius 2 is 1.38 bits per heavy atom. The summed E-state index contributed by atoms with van der Waals surface area (Å²) in [6.07, 6.45) is 0. The molecule has 0 fully saturated rings. The van der Waals surface area contributed by atoms with Crippen molar-refractivity contribution in [3.05, 3.63) is 10.0 Å². The zero-order valence-electron chi connectivity index (χ0n) is 8.51. The Bertz CT molecular complexity index is 462. The number of nitrogens with one attached hydrogen (secondary N) is 2. The molecule has 0 saturated carbocycles. The minimum absolute atomic E-state index is 0.396. The van der Waals surface area contributed by atoms with Gasteiger partial charge in [0, 0.05) is 0 Å². The summed E-state index contributed by atoms with van der Waals surface area (Å²) in [5.74, 6) is 0. The molecule has 2 amide bonds. The summed E-state index contributed by atoms with van der Waals surface area (Å²) in [7, 11) is 0. The Balaban J connectivity index is 1.94. The van der Waals surface area contributed by atoms with Gasteiger partial charge in [0.05, 0.1) is 0 Å². The van der Waals surface area contributed by atoms with Crippen LogP contribution in [0.1, 0.15) is 10.0 Å². The fraction of sp³-hybridized carbons (Fsp3) is 0.286. The van der Waals surface area contributed by atoms with Crippen molar-refractivity contribution in [1.82, 2.24) is 20.4 Å². The van der Waals surface area contributed by atoms with Crippen molar-refractivity contribution in [2.24, 2.45) is 0 Å². The molecule has 0 bridgehead atoms. The number of urea groups is 1. The first-order chi connectivity index (χ1) is 7.63. The zero-order chi connectivity index (χ0) is 11.5. The maximum atomic E-state index is 11.5. The first kappa shape index (κ1) is 10.9. The van der Waals surface area contributed by atoms with Crippen molar-refractivity contribution in [2.75, 3.05) is 10.6 Å². The quantitative estimate of drug-likeness (QED) is 0.852. The minimum atomic E-state index is -0.396. The first-order valence-corrected chi connectivity index (χ1v) is 5.95. The Kier molecular flexibility index (Phi) is 3.06. The van der Waals surface area contributed by atoms with Crippen molar-refractivity contribution in [1.29, 1.82) is 0 Å². The van der Waals surface area contributed by atoms with E-state index in [1.807, 2.05) is 13.8 Å². The Morgan fingerprint density at radius 3 is 1.69 bits per heavy atom. The second-order valence-corrected chi connectivity index (χ2v) is 5.19. The molecule has 0 aromatic carbocycles. The van der Waals surface area contributed by atoms with E-state index in [1.165, 1.54) is 22.7 Å². The summed E-state index contributed by atoms with van der Waals surface area (Å²) in [4.78, 5) is 11.5. The Morgan fingerprint density at radius 1 is 0.938 bits per heavy atom. The second-order valence-electron chi connectivity index (χ2n) is 2.83. The molecule has 7 nitrogen and oxygen atoms in total. The van der Waals surface area contributed by atoms with Crippen molar-refractivity contribution < 1.29 is 4.79 Å². The summed E-state index contributed by atoms with van der Waals surface area (Å²) in [6, 6.07) is -0.396. The summed E-state index contributed by atoms with van der Waals surface area (Å²) in [5, 5.41) is 22.7. The lowest BCUT2D eigenvalue weighted by Crippen LogP contribution is -2.19. The van der Waals surface area contributed by atoms with E-state index >= 15 is 0 Å². The molecule has 2 rings (SSSR count). The summed E-state index contributed by atoms with van der Waals surface area (Å²) < 4.78 is 0. The minimum Gasteiger partial charge on any atom is -0.282 e. The highest BCUT2D eigenvalue weighted by atomic mass is 32.1.